The van der Waals surface area contributed by atoms with Gasteiger partial charge in [0.05, 0.1) is 27.3 Å². The molecule has 0 spiro atoms. The third-order valence-electron chi connectivity index (χ3n) is 5.02. The lowest BCUT2D eigenvalue weighted by molar-refractivity contribution is -0.384. The van der Waals surface area contributed by atoms with Gasteiger partial charge in [-0.25, -0.2) is 4.79 Å². The predicted molar refractivity (Wildman–Crippen MR) is 123 cm³/mol. The lowest BCUT2D eigenvalue weighted by Crippen LogP contribution is -2.15. The van der Waals surface area contributed by atoms with Crippen molar-refractivity contribution in [3.63, 3.8) is 0 Å². The maximum absolute atomic E-state index is 12.9. The number of nitro groups is 1. The van der Waals surface area contributed by atoms with Gasteiger partial charge in [0.2, 0.25) is 0 Å². The van der Waals surface area contributed by atoms with Crippen LogP contribution < -0.4 is 5.32 Å². The quantitative estimate of drug-likeness (QED) is 0.311. The summed E-state index contributed by atoms with van der Waals surface area (Å²) in [6.45, 7) is 0. The van der Waals surface area contributed by atoms with E-state index < -0.39 is 16.8 Å². The summed E-state index contributed by atoms with van der Waals surface area (Å²) in [5, 5.41) is 23.6. The number of aromatic nitrogens is 1. The molecular weight excluding hydrogens is 422 g/mol. The van der Waals surface area contributed by atoms with Crippen LogP contribution in [0.15, 0.2) is 91.3 Å². The number of aromatic carboxylic acids is 1. The Bertz CT molecular complexity index is 1370. The Balaban J connectivity index is 1.71. The number of rotatable bonds is 6. The van der Waals surface area contributed by atoms with Crippen LogP contribution in [0.25, 0.3) is 22.3 Å². The van der Waals surface area contributed by atoms with Crippen molar-refractivity contribution in [3.8, 4) is 22.3 Å². The number of hydrogen-bond acceptors (Lipinski definition) is 5. The topological polar surface area (TPSA) is 122 Å². The minimum Gasteiger partial charge on any atom is -0.478 e. The number of nitrogens with one attached hydrogen (secondary N) is 1. The summed E-state index contributed by atoms with van der Waals surface area (Å²) in [6.07, 6.45) is 3.01. The first-order chi connectivity index (χ1) is 15.9. The van der Waals surface area contributed by atoms with E-state index in [9.17, 15) is 24.8 Å². The highest BCUT2D eigenvalue weighted by Crippen LogP contribution is 2.32. The van der Waals surface area contributed by atoms with Crippen molar-refractivity contribution in [1.82, 2.24) is 4.98 Å². The number of benzene rings is 3. The first-order valence-electron chi connectivity index (χ1n) is 9.87. The van der Waals surface area contributed by atoms with Crippen molar-refractivity contribution >= 4 is 23.3 Å². The molecule has 162 valence electrons. The second-order valence-electron chi connectivity index (χ2n) is 7.12. The Kier molecular flexibility index (Phi) is 5.90. The van der Waals surface area contributed by atoms with Crippen LogP contribution >= 0.6 is 0 Å². The number of nitro benzene ring substituents is 1. The third kappa shape index (κ3) is 4.59. The fourth-order valence-corrected chi connectivity index (χ4v) is 3.43. The summed E-state index contributed by atoms with van der Waals surface area (Å²) >= 11 is 0. The van der Waals surface area contributed by atoms with Crippen LogP contribution in [0.5, 0.6) is 0 Å². The maximum Gasteiger partial charge on any atom is 0.337 e. The fraction of sp³-hybridized carbons (Fsp3) is 0. The SMILES string of the molecule is O=C(Nc1cc(-c2ccccc2[N+](=O)[O-])ccc1C(=O)O)c1cncc(-c2ccccc2)c1. The van der Waals surface area contributed by atoms with Gasteiger partial charge >= 0.3 is 5.97 Å². The second-order valence-corrected chi connectivity index (χ2v) is 7.12. The van der Waals surface area contributed by atoms with Crippen molar-refractivity contribution in [2.24, 2.45) is 0 Å². The van der Waals surface area contributed by atoms with Crippen molar-refractivity contribution in [2.45, 2.75) is 0 Å². The zero-order valence-corrected chi connectivity index (χ0v) is 17.1. The van der Waals surface area contributed by atoms with E-state index in [0.29, 0.717) is 11.1 Å². The number of nitrogens with zero attached hydrogens (tertiary/aromatic N) is 2. The first kappa shape index (κ1) is 21.4. The van der Waals surface area contributed by atoms with Gasteiger partial charge in [-0.3, -0.25) is 19.9 Å². The molecule has 2 N–H and O–H groups in total. The molecule has 0 unspecified atom stereocenters. The average Bonchev–Trinajstić information content (AvgIpc) is 2.84. The monoisotopic (exact) mass is 439 g/mol. The van der Waals surface area contributed by atoms with Crippen LogP contribution in [-0.4, -0.2) is 26.9 Å². The van der Waals surface area contributed by atoms with Crippen LogP contribution in [-0.2, 0) is 0 Å². The van der Waals surface area contributed by atoms with E-state index in [0.717, 1.165) is 11.1 Å². The molecule has 33 heavy (non-hydrogen) atoms. The lowest BCUT2D eigenvalue weighted by Gasteiger charge is -2.12. The number of carbonyl (C=O) groups excluding carboxylic acids is 1. The molecule has 0 aliphatic carbocycles. The molecule has 4 aromatic rings. The number of amides is 1. The number of hydrogen-bond donors (Lipinski definition) is 2. The van der Waals surface area contributed by atoms with Gasteiger partial charge in [-0.2, -0.15) is 0 Å². The van der Waals surface area contributed by atoms with Crippen LogP contribution in [0.3, 0.4) is 0 Å². The molecule has 4 rings (SSSR count). The van der Waals surface area contributed by atoms with Crippen molar-refractivity contribution in [1.29, 1.82) is 0 Å². The van der Waals surface area contributed by atoms with E-state index >= 15 is 0 Å². The molecule has 8 nitrogen and oxygen atoms in total. The molecule has 1 amide bonds. The molecule has 8 heteroatoms. The van der Waals surface area contributed by atoms with E-state index in [4.69, 9.17) is 0 Å². The Morgan fingerprint density at radius 1 is 0.848 bits per heavy atom. The van der Waals surface area contributed by atoms with E-state index in [1.54, 1.807) is 30.5 Å². The van der Waals surface area contributed by atoms with Gasteiger partial charge in [-0.15, -0.1) is 0 Å². The fourth-order valence-electron chi connectivity index (χ4n) is 3.43. The standard InChI is InChI=1S/C25H17N3O5/c29-24(19-12-18(14-26-15-19)16-6-2-1-3-7-16)27-22-13-17(10-11-21(22)25(30)31)20-8-4-5-9-23(20)28(32)33/h1-15H,(H,27,29)(H,30,31). The minimum absolute atomic E-state index is 0.0215. The van der Waals surface area contributed by atoms with Crippen LogP contribution in [0.2, 0.25) is 0 Å². The highest BCUT2D eigenvalue weighted by Gasteiger charge is 2.19. The smallest absolute Gasteiger partial charge is 0.337 e. The number of pyridine rings is 1. The van der Waals surface area contributed by atoms with Gasteiger partial charge in [0, 0.05) is 24.0 Å². The van der Waals surface area contributed by atoms with E-state index in [1.165, 1.54) is 30.5 Å². The maximum atomic E-state index is 12.9. The molecule has 0 saturated heterocycles. The largest absolute Gasteiger partial charge is 0.478 e. The number of anilines is 1. The molecule has 0 bridgehead atoms. The minimum atomic E-state index is -1.24. The van der Waals surface area contributed by atoms with Crippen LogP contribution in [0.4, 0.5) is 11.4 Å². The Morgan fingerprint density at radius 3 is 2.30 bits per heavy atom. The van der Waals surface area contributed by atoms with E-state index in [2.05, 4.69) is 10.3 Å². The molecule has 0 aliphatic heterocycles. The van der Waals surface area contributed by atoms with Gasteiger partial charge in [0.25, 0.3) is 11.6 Å². The lowest BCUT2D eigenvalue weighted by atomic mass is 10.0. The molecule has 0 saturated carbocycles. The van der Waals surface area contributed by atoms with Gasteiger partial charge in [0.15, 0.2) is 0 Å². The molecule has 0 fully saturated rings. The van der Waals surface area contributed by atoms with Crippen molar-refractivity contribution in [3.05, 3.63) is 112 Å². The first-order valence-corrected chi connectivity index (χ1v) is 9.87. The van der Waals surface area contributed by atoms with Crippen molar-refractivity contribution in [2.75, 3.05) is 5.32 Å². The molecular formula is C25H17N3O5. The zero-order chi connectivity index (χ0) is 23.4. The second kappa shape index (κ2) is 9.11. The summed E-state index contributed by atoms with van der Waals surface area (Å²) in [5.41, 5.74) is 2.31. The van der Waals surface area contributed by atoms with Gasteiger partial charge in [0.1, 0.15) is 0 Å². The van der Waals surface area contributed by atoms with E-state index in [-0.39, 0.29) is 22.5 Å². The van der Waals surface area contributed by atoms with Gasteiger partial charge < -0.3 is 10.4 Å². The summed E-state index contributed by atoms with van der Waals surface area (Å²) in [5.74, 6) is -1.79. The Hall–Kier alpha value is -4.85. The summed E-state index contributed by atoms with van der Waals surface area (Å²) in [7, 11) is 0. The average molecular weight is 439 g/mol. The highest BCUT2D eigenvalue weighted by molar-refractivity contribution is 6.08. The molecule has 0 aliphatic rings. The number of carboxylic acid groups (broad SMARTS) is 1. The van der Waals surface area contributed by atoms with Crippen LogP contribution in [0.1, 0.15) is 20.7 Å². The summed E-state index contributed by atoms with van der Waals surface area (Å²) in [6, 6.07) is 21.4. The molecule has 1 aromatic heterocycles. The van der Waals surface area contributed by atoms with Gasteiger partial charge in [-0.1, -0.05) is 48.5 Å². The van der Waals surface area contributed by atoms with Crippen LogP contribution in [0, 0.1) is 10.1 Å². The third-order valence-corrected chi connectivity index (χ3v) is 5.02. The zero-order valence-electron chi connectivity index (χ0n) is 17.1. The number of carbonyl (C=O) groups is 2. The van der Waals surface area contributed by atoms with Crippen molar-refractivity contribution < 1.29 is 19.6 Å². The normalized spacial score (nSPS) is 10.4. The number of para-hydroxylation sites is 1. The van der Waals surface area contributed by atoms with E-state index in [1.807, 2.05) is 30.3 Å². The number of carboxylic acids is 1. The summed E-state index contributed by atoms with van der Waals surface area (Å²) < 4.78 is 0. The predicted octanol–water partition coefficient (Wildman–Crippen LogP) is 5.27. The molecule has 0 radical (unpaired) electrons. The Labute approximate surface area is 188 Å². The highest BCUT2D eigenvalue weighted by atomic mass is 16.6. The molecule has 0 atom stereocenters. The Morgan fingerprint density at radius 2 is 1.58 bits per heavy atom. The summed E-state index contributed by atoms with van der Waals surface area (Å²) in [4.78, 5) is 39.7. The van der Waals surface area contributed by atoms with Gasteiger partial charge in [-0.05, 0) is 35.4 Å². The molecule has 1 heterocycles. The molecule has 3 aromatic carbocycles.